The lowest BCUT2D eigenvalue weighted by Gasteiger charge is -2.23. The number of carbonyl (C=O) groups excluding carboxylic acids is 1. The van der Waals surface area contributed by atoms with Crippen LogP contribution in [0.25, 0.3) is 11.0 Å². The van der Waals surface area contributed by atoms with E-state index >= 15 is 0 Å². The average Bonchev–Trinajstić information content (AvgIpc) is 3.25. The summed E-state index contributed by atoms with van der Waals surface area (Å²) in [5.74, 6) is -0.0334. The van der Waals surface area contributed by atoms with Crippen molar-refractivity contribution in [3.8, 4) is 0 Å². The Bertz CT molecular complexity index is 963. The zero-order chi connectivity index (χ0) is 17.9. The number of benzene rings is 1. The monoisotopic (exact) mass is 351 g/mol. The summed E-state index contributed by atoms with van der Waals surface area (Å²) in [4.78, 5) is 35.8. The first kappa shape index (κ1) is 16.5. The van der Waals surface area contributed by atoms with E-state index in [0.717, 1.165) is 30.6 Å². The summed E-state index contributed by atoms with van der Waals surface area (Å²) in [5.41, 5.74) is 2.91. The molecule has 1 aliphatic rings. The van der Waals surface area contributed by atoms with Crippen molar-refractivity contribution in [1.29, 1.82) is 0 Å². The summed E-state index contributed by atoms with van der Waals surface area (Å²) < 4.78 is 0. The SMILES string of the molecule is O=C(CCN1CCCC1c1ccccn1)Nc1ccc2[nH]c(=O)[nH]c2c1. The molecule has 7 heteroatoms. The lowest BCUT2D eigenvalue weighted by atomic mass is 10.1. The van der Waals surface area contributed by atoms with Crippen molar-refractivity contribution in [1.82, 2.24) is 19.9 Å². The number of imidazole rings is 1. The van der Waals surface area contributed by atoms with E-state index in [4.69, 9.17) is 0 Å². The molecule has 1 aliphatic heterocycles. The van der Waals surface area contributed by atoms with Gasteiger partial charge in [-0.3, -0.25) is 14.7 Å². The van der Waals surface area contributed by atoms with Gasteiger partial charge in [-0.2, -0.15) is 0 Å². The molecule has 3 N–H and O–H groups in total. The topological polar surface area (TPSA) is 93.9 Å². The van der Waals surface area contributed by atoms with Gasteiger partial charge in [0.2, 0.25) is 5.91 Å². The van der Waals surface area contributed by atoms with Gasteiger partial charge in [-0.1, -0.05) is 6.07 Å². The number of fused-ring (bicyclic) bond motifs is 1. The van der Waals surface area contributed by atoms with E-state index < -0.39 is 0 Å². The van der Waals surface area contributed by atoms with E-state index in [9.17, 15) is 9.59 Å². The van der Waals surface area contributed by atoms with Crippen LogP contribution in [0.4, 0.5) is 5.69 Å². The Balaban J connectivity index is 1.36. The molecule has 1 atom stereocenters. The maximum absolute atomic E-state index is 12.3. The summed E-state index contributed by atoms with van der Waals surface area (Å²) in [7, 11) is 0. The highest BCUT2D eigenvalue weighted by atomic mass is 16.1. The first-order valence-corrected chi connectivity index (χ1v) is 8.86. The summed E-state index contributed by atoms with van der Waals surface area (Å²) in [5, 5.41) is 2.90. The van der Waals surface area contributed by atoms with Crippen LogP contribution < -0.4 is 11.0 Å². The van der Waals surface area contributed by atoms with Crippen LogP contribution in [0.1, 0.15) is 31.0 Å². The van der Waals surface area contributed by atoms with Crippen LogP contribution in [0.5, 0.6) is 0 Å². The van der Waals surface area contributed by atoms with E-state index in [1.807, 2.05) is 18.3 Å². The first-order valence-electron chi connectivity index (χ1n) is 8.86. The van der Waals surface area contributed by atoms with Crippen LogP contribution in [0.15, 0.2) is 47.4 Å². The Hall–Kier alpha value is -2.93. The first-order chi connectivity index (χ1) is 12.7. The minimum absolute atomic E-state index is 0.0334. The molecule has 26 heavy (non-hydrogen) atoms. The normalized spacial score (nSPS) is 17.6. The molecule has 0 bridgehead atoms. The van der Waals surface area contributed by atoms with Crippen LogP contribution in [-0.4, -0.2) is 38.8 Å². The van der Waals surface area contributed by atoms with Gasteiger partial charge in [0.25, 0.3) is 0 Å². The molecule has 1 aromatic carbocycles. The van der Waals surface area contributed by atoms with E-state index in [1.165, 1.54) is 0 Å². The number of nitrogens with one attached hydrogen (secondary N) is 3. The van der Waals surface area contributed by atoms with Gasteiger partial charge >= 0.3 is 5.69 Å². The van der Waals surface area contributed by atoms with Crippen molar-refractivity contribution in [3.05, 3.63) is 58.8 Å². The molecule has 2 aromatic heterocycles. The highest BCUT2D eigenvalue weighted by Crippen LogP contribution is 2.30. The number of aromatic amines is 2. The Morgan fingerprint density at radius 3 is 2.96 bits per heavy atom. The molecule has 1 unspecified atom stereocenters. The molecule has 134 valence electrons. The fourth-order valence-corrected chi connectivity index (χ4v) is 3.58. The third kappa shape index (κ3) is 3.52. The summed E-state index contributed by atoms with van der Waals surface area (Å²) >= 11 is 0. The molecule has 1 fully saturated rings. The number of amides is 1. The summed E-state index contributed by atoms with van der Waals surface area (Å²) in [6, 6.07) is 11.6. The van der Waals surface area contributed by atoms with E-state index in [0.29, 0.717) is 30.2 Å². The molecular weight excluding hydrogens is 330 g/mol. The van der Waals surface area contributed by atoms with Crippen molar-refractivity contribution >= 4 is 22.6 Å². The number of likely N-dealkylation sites (tertiary alicyclic amines) is 1. The second-order valence-corrected chi connectivity index (χ2v) is 6.59. The number of H-pyrrole nitrogens is 2. The molecule has 3 heterocycles. The van der Waals surface area contributed by atoms with Crippen LogP contribution in [0, 0.1) is 0 Å². The number of pyridine rings is 1. The minimum Gasteiger partial charge on any atom is -0.326 e. The summed E-state index contributed by atoms with van der Waals surface area (Å²) in [6.45, 7) is 1.70. The fourth-order valence-electron chi connectivity index (χ4n) is 3.58. The van der Waals surface area contributed by atoms with Gasteiger partial charge in [-0.25, -0.2) is 4.79 Å². The van der Waals surface area contributed by atoms with Gasteiger partial charge in [-0.05, 0) is 49.7 Å². The average molecular weight is 351 g/mol. The highest BCUT2D eigenvalue weighted by molar-refractivity contribution is 5.93. The lowest BCUT2D eigenvalue weighted by Crippen LogP contribution is -2.28. The second kappa shape index (κ2) is 7.13. The second-order valence-electron chi connectivity index (χ2n) is 6.59. The maximum atomic E-state index is 12.3. The molecule has 3 aromatic rings. The van der Waals surface area contributed by atoms with Gasteiger partial charge in [0.1, 0.15) is 0 Å². The molecule has 0 aliphatic carbocycles. The minimum atomic E-state index is -0.252. The molecular formula is C19H21N5O2. The number of rotatable bonds is 5. The van der Waals surface area contributed by atoms with Crippen molar-refractivity contribution in [2.24, 2.45) is 0 Å². The quantitative estimate of drug-likeness (QED) is 0.658. The van der Waals surface area contributed by atoms with E-state index in [2.05, 4.69) is 31.2 Å². The number of aromatic nitrogens is 3. The van der Waals surface area contributed by atoms with Gasteiger partial charge in [-0.15, -0.1) is 0 Å². The van der Waals surface area contributed by atoms with Crippen LogP contribution in [0.3, 0.4) is 0 Å². The van der Waals surface area contributed by atoms with Gasteiger partial charge in [0, 0.05) is 24.8 Å². The van der Waals surface area contributed by atoms with Gasteiger partial charge < -0.3 is 15.3 Å². The molecule has 0 spiro atoms. The predicted molar refractivity (Wildman–Crippen MR) is 100.0 cm³/mol. The van der Waals surface area contributed by atoms with E-state index in [-0.39, 0.29) is 11.6 Å². The number of carbonyl (C=O) groups is 1. The highest BCUT2D eigenvalue weighted by Gasteiger charge is 2.26. The maximum Gasteiger partial charge on any atom is 0.323 e. The Morgan fingerprint density at radius 1 is 1.23 bits per heavy atom. The predicted octanol–water partition coefficient (Wildman–Crippen LogP) is 2.42. The van der Waals surface area contributed by atoms with Crippen LogP contribution in [-0.2, 0) is 4.79 Å². The number of hydrogen-bond acceptors (Lipinski definition) is 4. The zero-order valence-electron chi connectivity index (χ0n) is 14.4. The number of nitrogens with zero attached hydrogens (tertiary/aromatic N) is 2. The van der Waals surface area contributed by atoms with Crippen LogP contribution in [0.2, 0.25) is 0 Å². The largest absolute Gasteiger partial charge is 0.326 e. The third-order valence-electron chi connectivity index (χ3n) is 4.82. The van der Waals surface area contributed by atoms with Crippen molar-refractivity contribution in [2.75, 3.05) is 18.4 Å². The smallest absolute Gasteiger partial charge is 0.323 e. The van der Waals surface area contributed by atoms with Gasteiger partial charge in [0.15, 0.2) is 0 Å². The lowest BCUT2D eigenvalue weighted by molar-refractivity contribution is -0.116. The third-order valence-corrected chi connectivity index (χ3v) is 4.82. The van der Waals surface area contributed by atoms with Gasteiger partial charge in [0.05, 0.1) is 22.8 Å². The van der Waals surface area contributed by atoms with Crippen molar-refractivity contribution in [3.63, 3.8) is 0 Å². The Kier molecular flexibility index (Phi) is 4.53. The molecule has 0 radical (unpaired) electrons. The molecule has 1 saturated heterocycles. The standard InChI is InChI=1S/C19H21N5O2/c25-18(21-13-6-7-14-16(12-13)23-19(26)22-14)8-11-24-10-3-5-17(24)15-4-1-2-9-20-15/h1-2,4,6-7,9,12,17H,3,5,8,10-11H2,(H,21,25)(H2,22,23,26). The zero-order valence-corrected chi connectivity index (χ0v) is 14.4. The van der Waals surface area contributed by atoms with Crippen LogP contribution >= 0.6 is 0 Å². The fraction of sp³-hybridized carbons (Fsp3) is 0.316. The van der Waals surface area contributed by atoms with Crippen molar-refractivity contribution < 1.29 is 4.79 Å². The Morgan fingerprint density at radius 2 is 2.12 bits per heavy atom. The molecule has 0 saturated carbocycles. The Labute approximate surface area is 150 Å². The van der Waals surface area contributed by atoms with Crippen molar-refractivity contribution in [2.45, 2.75) is 25.3 Å². The molecule has 1 amide bonds. The number of anilines is 1. The molecule has 7 nitrogen and oxygen atoms in total. The van der Waals surface area contributed by atoms with E-state index in [1.54, 1.807) is 18.2 Å². The molecule has 4 rings (SSSR count). The number of hydrogen-bond donors (Lipinski definition) is 3. The summed E-state index contributed by atoms with van der Waals surface area (Å²) in [6.07, 6.45) is 4.45.